The van der Waals surface area contributed by atoms with E-state index in [1.807, 2.05) is 6.07 Å². The Hall–Kier alpha value is -1.92. The van der Waals surface area contributed by atoms with E-state index in [1.165, 1.54) is 5.52 Å². The highest BCUT2D eigenvalue weighted by Crippen LogP contribution is 2.22. The fourth-order valence-corrected chi connectivity index (χ4v) is 4.33. The van der Waals surface area contributed by atoms with Gasteiger partial charge in [-0.25, -0.2) is 4.98 Å². The first-order valence-electron chi connectivity index (χ1n) is 9.76. The number of carbonyl (C=O) groups is 1. The average Bonchev–Trinajstić information content (AvgIpc) is 2.97. The molecule has 0 aliphatic carbocycles. The Kier molecular flexibility index (Phi) is 4.96. The van der Waals surface area contributed by atoms with Crippen LogP contribution in [0.15, 0.2) is 24.3 Å². The van der Waals surface area contributed by atoms with Gasteiger partial charge in [0.15, 0.2) is 0 Å². The molecule has 2 saturated heterocycles. The summed E-state index contributed by atoms with van der Waals surface area (Å²) in [4.78, 5) is 22.2. The van der Waals surface area contributed by atoms with Crippen molar-refractivity contribution in [2.75, 3.05) is 32.7 Å². The zero-order valence-corrected chi connectivity index (χ0v) is 15.8. The molecule has 1 N–H and O–H groups in total. The summed E-state index contributed by atoms with van der Waals surface area (Å²) in [5.41, 5.74) is 2.21. The summed E-state index contributed by atoms with van der Waals surface area (Å²) in [6.45, 7) is 7.43. The van der Waals surface area contributed by atoms with Gasteiger partial charge >= 0.3 is 0 Å². The molecule has 1 aromatic carbocycles. The Bertz CT molecular complexity index is 786. The maximum absolute atomic E-state index is 13.0. The van der Waals surface area contributed by atoms with Crippen LogP contribution in [0, 0.1) is 5.92 Å². The van der Waals surface area contributed by atoms with Crippen molar-refractivity contribution in [3.05, 3.63) is 30.1 Å². The Morgan fingerprint density at radius 1 is 1.27 bits per heavy atom. The van der Waals surface area contributed by atoms with Gasteiger partial charge in [-0.15, -0.1) is 0 Å². The number of piperidine rings is 1. The predicted molar refractivity (Wildman–Crippen MR) is 103 cm³/mol. The van der Waals surface area contributed by atoms with E-state index >= 15 is 0 Å². The highest BCUT2D eigenvalue weighted by Gasteiger charge is 2.31. The van der Waals surface area contributed by atoms with Gasteiger partial charge in [-0.05, 0) is 38.4 Å². The van der Waals surface area contributed by atoms with E-state index in [9.17, 15) is 4.79 Å². The molecule has 6 nitrogen and oxygen atoms in total. The number of hydrogen-bond acceptors (Lipinski definition) is 4. The minimum absolute atomic E-state index is 0.128. The molecule has 0 saturated carbocycles. The van der Waals surface area contributed by atoms with Crippen molar-refractivity contribution in [2.24, 2.45) is 13.0 Å². The first kappa shape index (κ1) is 17.5. The maximum Gasteiger partial charge on any atom is 0.227 e. The number of fused-ring (bicyclic) bond motifs is 1. The summed E-state index contributed by atoms with van der Waals surface area (Å²) in [5, 5.41) is 3.41. The second-order valence-corrected chi connectivity index (χ2v) is 7.79. The summed E-state index contributed by atoms with van der Waals surface area (Å²) in [5.74, 6) is 1.55. The van der Waals surface area contributed by atoms with Crippen LogP contribution in [0.2, 0.25) is 0 Å². The van der Waals surface area contributed by atoms with E-state index in [4.69, 9.17) is 4.98 Å². The van der Waals surface area contributed by atoms with Gasteiger partial charge in [0.1, 0.15) is 5.82 Å². The molecule has 0 unspecified atom stereocenters. The van der Waals surface area contributed by atoms with Crippen molar-refractivity contribution < 1.29 is 4.79 Å². The summed E-state index contributed by atoms with van der Waals surface area (Å²) in [7, 11) is 2.08. The number of likely N-dealkylation sites (tertiary alicyclic amines) is 1. The van der Waals surface area contributed by atoms with E-state index in [0.717, 1.165) is 63.5 Å². The van der Waals surface area contributed by atoms with Gasteiger partial charge in [0.2, 0.25) is 5.91 Å². The van der Waals surface area contributed by atoms with Gasteiger partial charge in [-0.1, -0.05) is 12.1 Å². The van der Waals surface area contributed by atoms with Gasteiger partial charge in [0.05, 0.1) is 23.5 Å². The third-order valence-electron chi connectivity index (χ3n) is 5.78. The fraction of sp³-hybridized carbons (Fsp3) is 0.600. The zero-order valence-electron chi connectivity index (χ0n) is 15.8. The molecule has 2 aliphatic heterocycles. The first-order chi connectivity index (χ1) is 12.6. The van der Waals surface area contributed by atoms with E-state index in [0.29, 0.717) is 11.9 Å². The molecule has 2 aliphatic rings. The van der Waals surface area contributed by atoms with Crippen LogP contribution < -0.4 is 5.32 Å². The smallest absolute Gasteiger partial charge is 0.227 e. The predicted octanol–water partition coefficient (Wildman–Crippen LogP) is 1.61. The molecule has 0 bridgehead atoms. The number of piperazine rings is 1. The quantitative estimate of drug-likeness (QED) is 0.909. The average molecular weight is 355 g/mol. The van der Waals surface area contributed by atoms with Crippen molar-refractivity contribution >= 4 is 16.9 Å². The number of hydrogen-bond donors (Lipinski definition) is 1. The van der Waals surface area contributed by atoms with Crippen LogP contribution in [0.25, 0.3) is 11.0 Å². The molecule has 1 aromatic heterocycles. The van der Waals surface area contributed by atoms with Crippen LogP contribution in [-0.4, -0.2) is 64.0 Å². The van der Waals surface area contributed by atoms with Crippen molar-refractivity contribution in [2.45, 2.75) is 32.4 Å². The molecule has 0 radical (unpaired) electrons. The van der Waals surface area contributed by atoms with E-state index in [-0.39, 0.29) is 5.92 Å². The monoisotopic (exact) mass is 355 g/mol. The Morgan fingerprint density at radius 2 is 2.12 bits per heavy atom. The van der Waals surface area contributed by atoms with Crippen LogP contribution in [0.1, 0.15) is 25.6 Å². The summed E-state index contributed by atoms with van der Waals surface area (Å²) >= 11 is 0. The molecule has 2 atom stereocenters. The van der Waals surface area contributed by atoms with E-state index in [1.54, 1.807) is 0 Å². The van der Waals surface area contributed by atoms with Gasteiger partial charge in [0.25, 0.3) is 0 Å². The number of imidazole rings is 1. The van der Waals surface area contributed by atoms with E-state index in [2.05, 4.69) is 51.9 Å². The SMILES string of the molecule is C[C@H]1CN(C(=O)[C@H]2CCCN(Cc3nc4ccccc4n3C)C2)CCN1. The highest BCUT2D eigenvalue weighted by molar-refractivity contribution is 5.79. The lowest BCUT2D eigenvalue weighted by Gasteiger charge is -2.37. The zero-order chi connectivity index (χ0) is 18.1. The van der Waals surface area contributed by atoms with Gasteiger partial charge in [-0.2, -0.15) is 0 Å². The lowest BCUT2D eigenvalue weighted by atomic mass is 9.96. The van der Waals surface area contributed by atoms with Crippen molar-refractivity contribution in [3.63, 3.8) is 0 Å². The minimum atomic E-state index is 0.128. The summed E-state index contributed by atoms with van der Waals surface area (Å²) in [6, 6.07) is 8.65. The number of aryl methyl sites for hydroxylation is 1. The molecule has 140 valence electrons. The molecule has 0 spiro atoms. The molecule has 1 amide bonds. The van der Waals surface area contributed by atoms with E-state index < -0.39 is 0 Å². The fourth-order valence-electron chi connectivity index (χ4n) is 4.33. The first-order valence-corrected chi connectivity index (χ1v) is 9.76. The number of amides is 1. The van der Waals surface area contributed by atoms with Gasteiger partial charge < -0.3 is 14.8 Å². The topological polar surface area (TPSA) is 53.4 Å². The molecule has 2 aromatic rings. The molecule has 6 heteroatoms. The normalized spacial score (nSPS) is 24.9. The number of carbonyl (C=O) groups excluding carboxylic acids is 1. The number of aromatic nitrogens is 2. The standard InChI is InChI=1S/C20H29N5O/c1-15-12-25(11-9-21-15)20(26)16-6-5-10-24(13-16)14-19-22-17-7-3-4-8-18(17)23(19)2/h3-4,7-8,15-16,21H,5-6,9-14H2,1-2H3/t15-,16-/m0/s1. The van der Waals surface area contributed by atoms with Crippen LogP contribution >= 0.6 is 0 Å². The Morgan fingerprint density at radius 3 is 2.92 bits per heavy atom. The van der Waals surface area contributed by atoms with Gasteiger partial charge in [-0.3, -0.25) is 9.69 Å². The third kappa shape index (κ3) is 3.48. The lowest BCUT2D eigenvalue weighted by Crippen LogP contribution is -2.54. The van der Waals surface area contributed by atoms with Crippen LogP contribution in [0.5, 0.6) is 0 Å². The Balaban J connectivity index is 1.43. The summed E-state index contributed by atoms with van der Waals surface area (Å²) in [6.07, 6.45) is 2.10. The highest BCUT2D eigenvalue weighted by atomic mass is 16.2. The second kappa shape index (κ2) is 7.37. The lowest BCUT2D eigenvalue weighted by molar-refractivity contribution is -0.138. The van der Waals surface area contributed by atoms with Gasteiger partial charge in [0, 0.05) is 39.3 Å². The number of rotatable bonds is 3. The van der Waals surface area contributed by atoms with Crippen molar-refractivity contribution in [3.8, 4) is 0 Å². The van der Waals surface area contributed by atoms with Crippen molar-refractivity contribution in [1.82, 2.24) is 24.7 Å². The van der Waals surface area contributed by atoms with Crippen LogP contribution in [0.3, 0.4) is 0 Å². The molecular weight excluding hydrogens is 326 g/mol. The van der Waals surface area contributed by atoms with Crippen LogP contribution in [0.4, 0.5) is 0 Å². The largest absolute Gasteiger partial charge is 0.340 e. The molecule has 4 rings (SSSR count). The second-order valence-electron chi connectivity index (χ2n) is 7.79. The summed E-state index contributed by atoms with van der Waals surface area (Å²) < 4.78 is 2.18. The maximum atomic E-state index is 13.0. The molecular formula is C20H29N5O. The molecule has 3 heterocycles. The number of nitrogens with one attached hydrogen (secondary N) is 1. The molecule has 2 fully saturated rings. The minimum Gasteiger partial charge on any atom is -0.340 e. The number of nitrogens with zero attached hydrogens (tertiary/aromatic N) is 4. The third-order valence-corrected chi connectivity index (χ3v) is 5.78. The van der Waals surface area contributed by atoms with Crippen molar-refractivity contribution in [1.29, 1.82) is 0 Å². The number of para-hydroxylation sites is 2. The Labute approximate surface area is 155 Å². The molecule has 26 heavy (non-hydrogen) atoms. The van der Waals surface area contributed by atoms with Crippen LogP contribution in [-0.2, 0) is 18.4 Å². The number of benzene rings is 1.